The number of aromatic nitrogens is 2. The second kappa shape index (κ2) is 5.84. The van der Waals surface area contributed by atoms with Crippen molar-refractivity contribution < 1.29 is 14.1 Å². The van der Waals surface area contributed by atoms with Crippen molar-refractivity contribution in [2.45, 2.75) is 58.0 Å². The zero-order valence-electron chi connectivity index (χ0n) is 14.7. The van der Waals surface area contributed by atoms with Crippen LogP contribution in [-0.4, -0.2) is 45.6 Å². The van der Waals surface area contributed by atoms with Crippen LogP contribution in [0.3, 0.4) is 0 Å². The Morgan fingerprint density at radius 2 is 2.12 bits per heavy atom. The topological polar surface area (TPSA) is 100 Å². The number of nitrogens with one attached hydrogen (secondary N) is 2. The predicted octanol–water partition coefficient (Wildman–Crippen LogP) is 1.18. The standard InChI is InChI=1S/C16H25N5O3/c1-15(2,3)13-17-11(20-24-13)9-21-7-5-6-10(8-21)16(4)12(22)18-14(23)19-16/h10H,5-9H2,1-4H3,(H2,18,19,22,23)/t10-,16+/m0/s1. The number of rotatable bonds is 3. The zero-order chi connectivity index (χ0) is 17.5. The monoisotopic (exact) mass is 335 g/mol. The first-order valence-corrected chi connectivity index (χ1v) is 8.37. The van der Waals surface area contributed by atoms with Crippen LogP contribution in [-0.2, 0) is 16.8 Å². The molecule has 2 fully saturated rings. The Morgan fingerprint density at radius 1 is 1.38 bits per heavy atom. The van der Waals surface area contributed by atoms with Crippen LogP contribution in [0.5, 0.6) is 0 Å². The molecule has 2 atom stereocenters. The van der Waals surface area contributed by atoms with Crippen LogP contribution in [0, 0.1) is 5.92 Å². The molecule has 2 aliphatic rings. The van der Waals surface area contributed by atoms with E-state index in [4.69, 9.17) is 4.52 Å². The molecule has 0 spiro atoms. The molecule has 2 N–H and O–H groups in total. The molecule has 0 bridgehead atoms. The van der Waals surface area contributed by atoms with Crippen LogP contribution >= 0.6 is 0 Å². The lowest BCUT2D eigenvalue weighted by Crippen LogP contribution is -2.55. The smallest absolute Gasteiger partial charge is 0.322 e. The van der Waals surface area contributed by atoms with Gasteiger partial charge in [0.2, 0.25) is 5.89 Å². The van der Waals surface area contributed by atoms with Crippen LogP contribution in [0.1, 0.15) is 52.3 Å². The number of hydrogen-bond acceptors (Lipinski definition) is 6. The number of nitrogens with zero attached hydrogens (tertiary/aromatic N) is 3. The van der Waals surface area contributed by atoms with Gasteiger partial charge in [0.25, 0.3) is 5.91 Å². The first-order valence-electron chi connectivity index (χ1n) is 8.37. The molecule has 0 aromatic carbocycles. The van der Waals surface area contributed by atoms with E-state index in [0.29, 0.717) is 24.8 Å². The number of hydrogen-bond donors (Lipinski definition) is 2. The normalized spacial score (nSPS) is 28.8. The minimum Gasteiger partial charge on any atom is -0.339 e. The fourth-order valence-electron chi connectivity index (χ4n) is 3.34. The number of piperidine rings is 1. The lowest BCUT2D eigenvalue weighted by atomic mass is 9.80. The van der Waals surface area contributed by atoms with E-state index >= 15 is 0 Å². The molecule has 3 rings (SSSR count). The van der Waals surface area contributed by atoms with E-state index in [9.17, 15) is 9.59 Å². The molecule has 8 nitrogen and oxygen atoms in total. The van der Waals surface area contributed by atoms with Crippen molar-refractivity contribution >= 4 is 11.9 Å². The number of carbonyl (C=O) groups excluding carboxylic acids is 2. The van der Waals surface area contributed by atoms with E-state index in [1.807, 2.05) is 20.8 Å². The SMILES string of the molecule is CC(C)(C)c1nc(CN2CCC[C@H]([C@@]3(C)NC(=O)NC3=O)C2)no1. The minimum atomic E-state index is -0.844. The maximum Gasteiger partial charge on any atom is 0.322 e. The van der Waals surface area contributed by atoms with Gasteiger partial charge in [-0.1, -0.05) is 25.9 Å². The van der Waals surface area contributed by atoms with Gasteiger partial charge in [-0.2, -0.15) is 4.98 Å². The van der Waals surface area contributed by atoms with Crippen molar-refractivity contribution in [1.29, 1.82) is 0 Å². The summed E-state index contributed by atoms with van der Waals surface area (Å²) in [4.78, 5) is 30.3. The summed E-state index contributed by atoms with van der Waals surface area (Å²) in [6.45, 7) is 10.1. The maximum atomic E-state index is 12.1. The molecule has 3 heterocycles. The van der Waals surface area contributed by atoms with Crippen molar-refractivity contribution in [2.24, 2.45) is 5.92 Å². The van der Waals surface area contributed by atoms with Crippen LogP contribution in [0.4, 0.5) is 4.79 Å². The lowest BCUT2D eigenvalue weighted by molar-refractivity contribution is -0.126. The summed E-state index contributed by atoms with van der Waals surface area (Å²) < 4.78 is 5.34. The highest BCUT2D eigenvalue weighted by Gasteiger charge is 2.48. The summed E-state index contributed by atoms with van der Waals surface area (Å²) in [5, 5.41) is 9.19. The highest BCUT2D eigenvalue weighted by molar-refractivity contribution is 6.06. The summed E-state index contributed by atoms with van der Waals surface area (Å²) in [5.41, 5.74) is -1.01. The summed E-state index contributed by atoms with van der Waals surface area (Å²) in [5.74, 6) is 1.10. The van der Waals surface area contributed by atoms with Gasteiger partial charge in [-0.25, -0.2) is 4.79 Å². The van der Waals surface area contributed by atoms with Gasteiger partial charge in [-0.15, -0.1) is 0 Å². The molecule has 2 saturated heterocycles. The van der Waals surface area contributed by atoms with E-state index < -0.39 is 11.6 Å². The Balaban J connectivity index is 1.67. The predicted molar refractivity (Wildman–Crippen MR) is 86.1 cm³/mol. The Kier molecular flexibility index (Phi) is 4.11. The Hall–Kier alpha value is -1.96. The quantitative estimate of drug-likeness (QED) is 0.805. The van der Waals surface area contributed by atoms with Crippen molar-refractivity contribution in [1.82, 2.24) is 25.7 Å². The van der Waals surface area contributed by atoms with Gasteiger partial charge in [0.15, 0.2) is 5.82 Å². The third kappa shape index (κ3) is 3.15. The van der Waals surface area contributed by atoms with E-state index in [1.165, 1.54) is 0 Å². The second-order valence-electron chi connectivity index (χ2n) is 7.95. The molecule has 1 aromatic rings. The summed E-state index contributed by atoms with van der Waals surface area (Å²) in [6, 6.07) is -0.410. The van der Waals surface area contributed by atoms with Gasteiger partial charge in [-0.05, 0) is 26.3 Å². The average Bonchev–Trinajstić information content (AvgIpc) is 3.05. The third-order valence-corrected chi connectivity index (χ3v) is 4.87. The van der Waals surface area contributed by atoms with Crippen LogP contribution < -0.4 is 10.6 Å². The van der Waals surface area contributed by atoms with Gasteiger partial charge in [0, 0.05) is 17.9 Å². The van der Waals surface area contributed by atoms with Gasteiger partial charge in [0.1, 0.15) is 5.54 Å². The van der Waals surface area contributed by atoms with E-state index in [1.54, 1.807) is 6.92 Å². The molecule has 2 aliphatic heterocycles. The summed E-state index contributed by atoms with van der Waals surface area (Å²) >= 11 is 0. The molecule has 3 amide bonds. The highest BCUT2D eigenvalue weighted by atomic mass is 16.5. The third-order valence-electron chi connectivity index (χ3n) is 4.87. The molecule has 0 unspecified atom stereocenters. The number of likely N-dealkylation sites (tertiary alicyclic amines) is 1. The zero-order valence-corrected chi connectivity index (χ0v) is 14.7. The first kappa shape index (κ1) is 16.9. The molecule has 0 radical (unpaired) electrons. The molecule has 0 saturated carbocycles. The number of amides is 3. The van der Waals surface area contributed by atoms with Crippen molar-refractivity contribution in [3.05, 3.63) is 11.7 Å². The van der Waals surface area contributed by atoms with Gasteiger partial charge < -0.3 is 9.84 Å². The highest BCUT2D eigenvalue weighted by Crippen LogP contribution is 2.30. The van der Waals surface area contributed by atoms with Gasteiger partial charge >= 0.3 is 6.03 Å². The van der Waals surface area contributed by atoms with Crippen LogP contribution in [0.25, 0.3) is 0 Å². The van der Waals surface area contributed by atoms with E-state index in [-0.39, 0.29) is 17.2 Å². The first-order chi connectivity index (χ1) is 11.2. The Bertz CT molecular complexity index is 650. The molecular weight excluding hydrogens is 310 g/mol. The van der Waals surface area contributed by atoms with Crippen molar-refractivity contribution in [2.75, 3.05) is 13.1 Å². The lowest BCUT2D eigenvalue weighted by Gasteiger charge is -2.39. The van der Waals surface area contributed by atoms with E-state index in [0.717, 1.165) is 19.4 Å². The largest absolute Gasteiger partial charge is 0.339 e. The van der Waals surface area contributed by atoms with Gasteiger partial charge in [-0.3, -0.25) is 15.0 Å². The number of urea groups is 1. The van der Waals surface area contributed by atoms with Crippen molar-refractivity contribution in [3.8, 4) is 0 Å². The molecule has 1 aromatic heterocycles. The molecular formula is C16H25N5O3. The number of imide groups is 1. The fraction of sp³-hybridized carbons (Fsp3) is 0.750. The number of carbonyl (C=O) groups is 2. The molecule has 132 valence electrons. The Morgan fingerprint density at radius 3 is 2.71 bits per heavy atom. The van der Waals surface area contributed by atoms with Crippen LogP contribution in [0.2, 0.25) is 0 Å². The second-order valence-corrected chi connectivity index (χ2v) is 7.95. The average molecular weight is 335 g/mol. The van der Waals surface area contributed by atoms with Crippen LogP contribution in [0.15, 0.2) is 4.52 Å². The Labute approximate surface area is 141 Å². The van der Waals surface area contributed by atoms with Gasteiger partial charge in [0.05, 0.1) is 6.54 Å². The maximum absolute atomic E-state index is 12.1. The molecule has 0 aliphatic carbocycles. The van der Waals surface area contributed by atoms with Crippen molar-refractivity contribution in [3.63, 3.8) is 0 Å². The van der Waals surface area contributed by atoms with E-state index in [2.05, 4.69) is 25.7 Å². The molecule has 24 heavy (non-hydrogen) atoms. The summed E-state index contributed by atoms with van der Waals surface area (Å²) in [6.07, 6.45) is 1.87. The molecule has 8 heteroatoms. The summed E-state index contributed by atoms with van der Waals surface area (Å²) in [7, 11) is 0. The fourth-order valence-corrected chi connectivity index (χ4v) is 3.34. The minimum absolute atomic E-state index is 0.0617.